The first-order chi connectivity index (χ1) is 8.31. The van der Waals surface area contributed by atoms with Crippen molar-refractivity contribution < 1.29 is 4.74 Å². The van der Waals surface area contributed by atoms with Crippen molar-refractivity contribution in [3.63, 3.8) is 0 Å². The molecule has 0 amide bonds. The molecular weight excluding hydrogens is 238 g/mol. The van der Waals surface area contributed by atoms with Crippen molar-refractivity contribution in [1.82, 2.24) is 25.3 Å². The lowest BCUT2D eigenvalue weighted by atomic mass is 10.6. The van der Waals surface area contributed by atoms with Gasteiger partial charge < -0.3 is 10.1 Å². The monoisotopic (exact) mass is 253 g/mol. The van der Waals surface area contributed by atoms with Gasteiger partial charge in [-0.3, -0.25) is 4.68 Å². The minimum absolute atomic E-state index is 0.550. The van der Waals surface area contributed by atoms with Crippen molar-refractivity contribution in [2.75, 3.05) is 6.54 Å². The largest absolute Gasteiger partial charge is 0.426 e. The summed E-state index contributed by atoms with van der Waals surface area (Å²) >= 11 is 1.44. The van der Waals surface area contributed by atoms with Crippen LogP contribution in [-0.2, 0) is 13.1 Å². The first-order valence-electron chi connectivity index (χ1n) is 5.55. The number of nitrogens with zero attached hydrogens (tertiary/aromatic N) is 4. The Hall–Kier alpha value is -1.47. The molecule has 6 nitrogen and oxygen atoms in total. The fourth-order valence-electron chi connectivity index (χ4n) is 1.25. The molecule has 1 N–H and O–H groups in total. The van der Waals surface area contributed by atoms with Gasteiger partial charge in [0.25, 0.3) is 5.19 Å². The molecule has 7 heteroatoms. The molecule has 0 unspecified atom stereocenters. The van der Waals surface area contributed by atoms with Crippen LogP contribution in [0.3, 0.4) is 0 Å². The molecule has 0 aliphatic carbocycles. The molecule has 0 spiro atoms. The smallest absolute Gasteiger partial charge is 0.299 e. The van der Waals surface area contributed by atoms with Gasteiger partial charge in [-0.25, -0.2) is 0 Å². The normalized spacial score (nSPS) is 10.7. The molecule has 92 valence electrons. The van der Waals surface area contributed by atoms with E-state index in [0.29, 0.717) is 10.9 Å². The van der Waals surface area contributed by atoms with Gasteiger partial charge in [-0.15, -0.1) is 5.10 Å². The van der Waals surface area contributed by atoms with Crippen LogP contribution in [0.1, 0.15) is 18.9 Å². The quantitative estimate of drug-likeness (QED) is 0.848. The van der Waals surface area contributed by atoms with E-state index in [4.69, 9.17) is 4.74 Å². The zero-order valence-corrected chi connectivity index (χ0v) is 10.7. The summed E-state index contributed by atoms with van der Waals surface area (Å²) in [6, 6.07) is 0. The van der Waals surface area contributed by atoms with E-state index < -0.39 is 0 Å². The number of aryl methyl sites for hydroxylation is 1. The number of hydrogen-bond acceptors (Lipinski definition) is 6. The Morgan fingerprint density at radius 2 is 2.29 bits per heavy atom. The number of rotatable bonds is 6. The summed E-state index contributed by atoms with van der Waals surface area (Å²) < 4.78 is 7.36. The summed E-state index contributed by atoms with van der Waals surface area (Å²) in [5.41, 5.74) is 0. The van der Waals surface area contributed by atoms with E-state index in [1.54, 1.807) is 10.9 Å². The highest BCUT2D eigenvalue weighted by molar-refractivity contribution is 7.13. The van der Waals surface area contributed by atoms with Gasteiger partial charge in [0.1, 0.15) is 5.01 Å². The standard InChI is InChI=1S/C10H15N5OS/c1-3-11-6-9-13-14-10(17-9)16-8-5-12-15(4-2)7-8/h5,7,11H,3-4,6H2,1-2H3. The van der Waals surface area contributed by atoms with Crippen LogP contribution in [0, 0.1) is 0 Å². The average Bonchev–Trinajstić information content (AvgIpc) is 2.96. The third-order valence-electron chi connectivity index (χ3n) is 2.11. The lowest BCUT2D eigenvalue weighted by Crippen LogP contribution is -2.11. The van der Waals surface area contributed by atoms with E-state index in [2.05, 4.69) is 27.5 Å². The van der Waals surface area contributed by atoms with E-state index in [9.17, 15) is 0 Å². The molecule has 17 heavy (non-hydrogen) atoms. The number of nitrogens with one attached hydrogen (secondary N) is 1. The molecule has 0 aliphatic rings. The number of ether oxygens (including phenoxy) is 1. The first-order valence-corrected chi connectivity index (χ1v) is 6.37. The maximum atomic E-state index is 5.56. The molecule has 0 atom stereocenters. The summed E-state index contributed by atoms with van der Waals surface area (Å²) in [4.78, 5) is 0. The topological polar surface area (TPSA) is 64.9 Å². The average molecular weight is 253 g/mol. The SMILES string of the molecule is CCNCc1nnc(Oc2cnn(CC)c2)s1. The van der Waals surface area contributed by atoms with Gasteiger partial charge >= 0.3 is 0 Å². The van der Waals surface area contributed by atoms with Crippen molar-refractivity contribution in [3.8, 4) is 10.9 Å². The Morgan fingerprint density at radius 3 is 3.00 bits per heavy atom. The summed E-state index contributed by atoms with van der Waals surface area (Å²) in [7, 11) is 0. The van der Waals surface area contributed by atoms with Gasteiger partial charge in [0.15, 0.2) is 5.75 Å². The van der Waals surface area contributed by atoms with Gasteiger partial charge in [0.05, 0.1) is 12.4 Å². The molecule has 0 bridgehead atoms. The van der Waals surface area contributed by atoms with Crippen molar-refractivity contribution >= 4 is 11.3 Å². The molecule has 0 aromatic carbocycles. The van der Waals surface area contributed by atoms with Crippen molar-refractivity contribution in [1.29, 1.82) is 0 Å². The zero-order chi connectivity index (χ0) is 12.1. The Labute approximate surface area is 104 Å². The maximum Gasteiger partial charge on any atom is 0.299 e. The molecule has 0 saturated carbocycles. The predicted octanol–water partition coefficient (Wildman–Crippen LogP) is 1.66. The van der Waals surface area contributed by atoms with Gasteiger partial charge in [0.2, 0.25) is 0 Å². The summed E-state index contributed by atoms with van der Waals surface area (Å²) in [5.74, 6) is 0.693. The highest BCUT2D eigenvalue weighted by atomic mass is 32.1. The minimum Gasteiger partial charge on any atom is -0.426 e. The summed E-state index contributed by atoms with van der Waals surface area (Å²) in [6.07, 6.45) is 3.51. The lowest BCUT2D eigenvalue weighted by molar-refractivity contribution is 0.471. The molecule has 2 aromatic heterocycles. The minimum atomic E-state index is 0.550. The fourth-order valence-corrected chi connectivity index (χ4v) is 1.93. The number of aromatic nitrogens is 4. The summed E-state index contributed by atoms with van der Waals surface area (Å²) in [6.45, 7) is 6.55. The molecule has 2 aromatic rings. The van der Waals surface area contributed by atoms with Gasteiger partial charge in [-0.2, -0.15) is 5.10 Å². The third-order valence-corrected chi connectivity index (χ3v) is 2.91. The molecule has 0 saturated heterocycles. The van der Waals surface area contributed by atoms with Crippen LogP contribution in [0.5, 0.6) is 10.9 Å². The lowest BCUT2D eigenvalue weighted by Gasteiger charge is -1.95. The van der Waals surface area contributed by atoms with Gasteiger partial charge in [0, 0.05) is 13.1 Å². The van der Waals surface area contributed by atoms with Crippen LogP contribution in [0.4, 0.5) is 0 Å². The van der Waals surface area contributed by atoms with Crippen LogP contribution >= 0.6 is 11.3 Å². The van der Waals surface area contributed by atoms with Crippen LogP contribution < -0.4 is 10.1 Å². The molecule has 2 rings (SSSR count). The second-order valence-corrected chi connectivity index (χ2v) is 4.40. The molecule has 0 radical (unpaired) electrons. The van der Waals surface area contributed by atoms with Crippen LogP contribution in [-0.4, -0.2) is 26.5 Å². The molecule has 0 fully saturated rings. The van der Waals surface area contributed by atoms with Crippen molar-refractivity contribution in [2.45, 2.75) is 26.9 Å². The highest BCUT2D eigenvalue weighted by Crippen LogP contribution is 2.24. The first kappa shape index (κ1) is 12.0. The van der Waals surface area contributed by atoms with E-state index in [1.807, 2.05) is 13.1 Å². The van der Waals surface area contributed by atoms with E-state index in [0.717, 1.165) is 24.6 Å². The van der Waals surface area contributed by atoms with Gasteiger partial charge in [-0.1, -0.05) is 23.4 Å². The van der Waals surface area contributed by atoms with Crippen LogP contribution in [0.25, 0.3) is 0 Å². The zero-order valence-electron chi connectivity index (χ0n) is 9.88. The molecule has 0 aliphatic heterocycles. The fraction of sp³-hybridized carbons (Fsp3) is 0.500. The molecular formula is C10H15N5OS. The van der Waals surface area contributed by atoms with Crippen LogP contribution in [0.15, 0.2) is 12.4 Å². The highest BCUT2D eigenvalue weighted by Gasteiger charge is 2.07. The second-order valence-electron chi connectivity index (χ2n) is 3.38. The van der Waals surface area contributed by atoms with Crippen molar-refractivity contribution in [2.24, 2.45) is 0 Å². The van der Waals surface area contributed by atoms with E-state index >= 15 is 0 Å². The van der Waals surface area contributed by atoms with E-state index in [1.165, 1.54) is 11.3 Å². The van der Waals surface area contributed by atoms with E-state index in [-0.39, 0.29) is 0 Å². The van der Waals surface area contributed by atoms with Crippen molar-refractivity contribution in [3.05, 3.63) is 17.4 Å². The predicted molar refractivity (Wildman–Crippen MR) is 65.3 cm³/mol. The molecule has 2 heterocycles. The Kier molecular flexibility index (Phi) is 4.05. The number of hydrogen-bond donors (Lipinski definition) is 1. The Bertz CT molecular complexity index is 467. The summed E-state index contributed by atoms with van der Waals surface area (Å²) in [5, 5.41) is 16.8. The Morgan fingerprint density at radius 1 is 1.41 bits per heavy atom. The van der Waals surface area contributed by atoms with Gasteiger partial charge in [-0.05, 0) is 13.5 Å². The van der Waals surface area contributed by atoms with Crippen LogP contribution in [0.2, 0.25) is 0 Å². The maximum absolute atomic E-state index is 5.56. The third kappa shape index (κ3) is 3.24. The Balaban J connectivity index is 1.96. The second kappa shape index (κ2) is 5.74.